The van der Waals surface area contributed by atoms with E-state index in [1.165, 1.54) is 4.31 Å². The summed E-state index contributed by atoms with van der Waals surface area (Å²) in [7, 11) is -3.30. The molecule has 1 heterocycles. The number of hydrogen-bond donors (Lipinski definition) is 1. The molecular weight excluding hydrogens is 360 g/mol. The first-order chi connectivity index (χ1) is 11.9. The Labute approximate surface area is 152 Å². The summed E-state index contributed by atoms with van der Waals surface area (Å²) >= 11 is 5.92. The Hall–Kier alpha value is -2.05. The molecule has 0 aliphatic carbocycles. The maximum Gasteiger partial charge on any atom is 0.255 e. The Morgan fingerprint density at radius 3 is 2.68 bits per heavy atom. The molecule has 0 radical (unpaired) electrons. The molecule has 0 aromatic heterocycles. The van der Waals surface area contributed by atoms with Gasteiger partial charge in [0, 0.05) is 22.8 Å². The fourth-order valence-electron chi connectivity index (χ4n) is 2.85. The fraction of sp³-hybridized carbons (Fsp3) is 0.278. The van der Waals surface area contributed by atoms with Crippen molar-refractivity contribution in [1.82, 2.24) is 0 Å². The summed E-state index contributed by atoms with van der Waals surface area (Å²) in [4.78, 5) is 12.4. The number of benzene rings is 2. The van der Waals surface area contributed by atoms with Crippen LogP contribution in [0.25, 0.3) is 0 Å². The Kier molecular flexibility index (Phi) is 5.01. The number of rotatable bonds is 3. The first kappa shape index (κ1) is 17.8. The molecule has 2 aromatic carbocycles. The third-order valence-corrected chi connectivity index (χ3v) is 6.26. The molecule has 3 rings (SSSR count). The lowest BCUT2D eigenvalue weighted by Crippen LogP contribution is -2.38. The number of amides is 1. The van der Waals surface area contributed by atoms with Crippen molar-refractivity contribution in [2.75, 3.05) is 21.9 Å². The number of nitrogens with one attached hydrogen (secondary N) is 1. The topological polar surface area (TPSA) is 66.5 Å². The van der Waals surface area contributed by atoms with E-state index in [-0.39, 0.29) is 11.7 Å². The minimum atomic E-state index is -3.30. The number of halogens is 1. The summed E-state index contributed by atoms with van der Waals surface area (Å²) in [6.07, 6.45) is 1.51. The van der Waals surface area contributed by atoms with Gasteiger partial charge in [-0.3, -0.25) is 9.10 Å². The molecule has 5 nitrogen and oxygen atoms in total. The minimum Gasteiger partial charge on any atom is -0.322 e. The summed E-state index contributed by atoms with van der Waals surface area (Å²) in [5, 5.41) is 3.28. The van der Waals surface area contributed by atoms with Gasteiger partial charge in [0.25, 0.3) is 5.91 Å². The normalized spacial score (nSPS) is 16.5. The number of hydrogen-bond acceptors (Lipinski definition) is 3. The van der Waals surface area contributed by atoms with E-state index in [1.54, 1.807) is 36.4 Å². The third-order valence-electron chi connectivity index (χ3n) is 4.17. The minimum absolute atomic E-state index is 0.158. The predicted octanol–water partition coefficient (Wildman–Crippen LogP) is 3.83. The molecule has 1 aliphatic rings. The standard InChI is InChI=1S/C18H19ClN2O3S/c1-13-7-8-16(20-18(22)14-5-4-6-15(19)11-14)12-17(13)21-9-2-3-10-25(21,23)24/h4-8,11-12H,2-3,9-10H2,1H3,(H,20,22). The van der Waals surface area contributed by atoms with Gasteiger partial charge >= 0.3 is 0 Å². The van der Waals surface area contributed by atoms with E-state index in [0.29, 0.717) is 34.9 Å². The second-order valence-electron chi connectivity index (χ2n) is 6.06. The maximum absolute atomic E-state index is 12.4. The van der Waals surface area contributed by atoms with Crippen molar-refractivity contribution >= 4 is 38.9 Å². The van der Waals surface area contributed by atoms with Crippen LogP contribution >= 0.6 is 11.6 Å². The van der Waals surface area contributed by atoms with E-state index in [2.05, 4.69) is 5.32 Å². The van der Waals surface area contributed by atoms with Crippen LogP contribution in [0.5, 0.6) is 0 Å². The maximum atomic E-state index is 12.4. The molecule has 1 fully saturated rings. The highest BCUT2D eigenvalue weighted by molar-refractivity contribution is 7.92. The zero-order chi connectivity index (χ0) is 18.0. The van der Waals surface area contributed by atoms with Crippen molar-refractivity contribution in [2.24, 2.45) is 0 Å². The molecule has 1 amide bonds. The van der Waals surface area contributed by atoms with Gasteiger partial charge in [-0.25, -0.2) is 8.42 Å². The van der Waals surface area contributed by atoms with E-state index >= 15 is 0 Å². The van der Waals surface area contributed by atoms with E-state index in [9.17, 15) is 13.2 Å². The summed E-state index contributed by atoms with van der Waals surface area (Å²) in [6.45, 7) is 2.33. The second kappa shape index (κ2) is 7.06. The lowest BCUT2D eigenvalue weighted by Gasteiger charge is -2.29. The first-order valence-electron chi connectivity index (χ1n) is 8.05. The van der Waals surface area contributed by atoms with Crippen LogP contribution in [0.4, 0.5) is 11.4 Å². The number of anilines is 2. The van der Waals surface area contributed by atoms with Crippen LogP contribution < -0.4 is 9.62 Å². The highest BCUT2D eigenvalue weighted by Crippen LogP contribution is 2.29. The van der Waals surface area contributed by atoms with E-state index in [1.807, 2.05) is 13.0 Å². The molecule has 1 saturated heterocycles. The SMILES string of the molecule is Cc1ccc(NC(=O)c2cccc(Cl)c2)cc1N1CCCCS1(=O)=O. The number of carbonyl (C=O) groups is 1. The average Bonchev–Trinajstić information content (AvgIpc) is 2.56. The number of nitrogens with zero attached hydrogens (tertiary/aromatic N) is 1. The lowest BCUT2D eigenvalue weighted by atomic mass is 10.1. The van der Waals surface area contributed by atoms with Gasteiger partial charge in [-0.1, -0.05) is 23.7 Å². The quantitative estimate of drug-likeness (QED) is 0.882. The molecule has 0 atom stereocenters. The highest BCUT2D eigenvalue weighted by Gasteiger charge is 2.27. The molecular formula is C18H19ClN2O3S. The van der Waals surface area contributed by atoms with Crippen molar-refractivity contribution in [3.63, 3.8) is 0 Å². The van der Waals surface area contributed by atoms with Crippen LogP contribution in [0.2, 0.25) is 5.02 Å². The molecule has 0 bridgehead atoms. The summed E-state index contributed by atoms with van der Waals surface area (Å²) in [6, 6.07) is 11.9. The third kappa shape index (κ3) is 3.96. The summed E-state index contributed by atoms with van der Waals surface area (Å²) in [5.74, 6) is -0.134. The molecule has 1 N–H and O–H groups in total. The van der Waals surface area contributed by atoms with Gasteiger partial charge in [-0.2, -0.15) is 0 Å². The van der Waals surface area contributed by atoms with Gasteiger partial charge in [-0.05, 0) is 55.7 Å². The summed E-state index contributed by atoms with van der Waals surface area (Å²) < 4.78 is 26.1. The predicted molar refractivity (Wildman–Crippen MR) is 101 cm³/mol. The molecule has 25 heavy (non-hydrogen) atoms. The number of sulfonamides is 1. The Morgan fingerprint density at radius 2 is 1.96 bits per heavy atom. The van der Waals surface area contributed by atoms with Crippen molar-refractivity contribution in [3.8, 4) is 0 Å². The smallest absolute Gasteiger partial charge is 0.255 e. The van der Waals surface area contributed by atoms with Crippen LogP contribution in [-0.4, -0.2) is 26.6 Å². The Balaban J connectivity index is 1.88. The lowest BCUT2D eigenvalue weighted by molar-refractivity contribution is 0.102. The Morgan fingerprint density at radius 1 is 1.16 bits per heavy atom. The van der Waals surface area contributed by atoms with Crippen molar-refractivity contribution in [3.05, 3.63) is 58.6 Å². The van der Waals surface area contributed by atoms with Gasteiger partial charge in [0.05, 0.1) is 11.4 Å². The van der Waals surface area contributed by atoms with Crippen LogP contribution in [0.3, 0.4) is 0 Å². The number of aryl methyl sites for hydroxylation is 1. The van der Waals surface area contributed by atoms with Gasteiger partial charge in [-0.15, -0.1) is 0 Å². The van der Waals surface area contributed by atoms with Crippen molar-refractivity contribution < 1.29 is 13.2 Å². The van der Waals surface area contributed by atoms with E-state index < -0.39 is 10.0 Å². The largest absolute Gasteiger partial charge is 0.322 e. The van der Waals surface area contributed by atoms with Crippen LogP contribution in [0, 0.1) is 6.92 Å². The molecule has 0 spiro atoms. The fourth-order valence-corrected chi connectivity index (χ4v) is 4.73. The van der Waals surface area contributed by atoms with Crippen molar-refractivity contribution in [1.29, 1.82) is 0 Å². The van der Waals surface area contributed by atoms with E-state index in [0.717, 1.165) is 12.0 Å². The van der Waals surface area contributed by atoms with E-state index in [4.69, 9.17) is 11.6 Å². The molecule has 1 aliphatic heterocycles. The average molecular weight is 379 g/mol. The van der Waals surface area contributed by atoms with Gasteiger partial charge in [0.1, 0.15) is 0 Å². The Bertz CT molecular complexity index is 912. The van der Waals surface area contributed by atoms with Crippen LogP contribution in [-0.2, 0) is 10.0 Å². The second-order valence-corrected chi connectivity index (χ2v) is 8.51. The molecule has 2 aromatic rings. The van der Waals surface area contributed by atoms with Crippen molar-refractivity contribution in [2.45, 2.75) is 19.8 Å². The van der Waals surface area contributed by atoms with Gasteiger partial charge in [0.15, 0.2) is 0 Å². The zero-order valence-electron chi connectivity index (χ0n) is 13.8. The van der Waals surface area contributed by atoms with Gasteiger partial charge < -0.3 is 5.32 Å². The number of carbonyl (C=O) groups excluding carboxylic acids is 1. The molecule has 7 heteroatoms. The zero-order valence-corrected chi connectivity index (χ0v) is 15.4. The highest BCUT2D eigenvalue weighted by atomic mass is 35.5. The monoisotopic (exact) mass is 378 g/mol. The summed E-state index contributed by atoms with van der Waals surface area (Å²) in [5.41, 5.74) is 2.46. The van der Waals surface area contributed by atoms with Gasteiger partial charge in [0.2, 0.25) is 10.0 Å². The molecule has 0 saturated carbocycles. The first-order valence-corrected chi connectivity index (χ1v) is 10.0. The van der Waals surface area contributed by atoms with Crippen LogP contribution in [0.1, 0.15) is 28.8 Å². The molecule has 0 unspecified atom stereocenters. The molecule has 132 valence electrons. The van der Waals surface area contributed by atoms with Crippen LogP contribution in [0.15, 0.2) is 42.5 Å².